The van der Waals surface area contributed by atoms with Crippen molar-refractivity contribution in [1.82, 2.24) is 15.6 Å². The van der Waals surface area contributed by atoms with Gasteiger partial charge in [0.2, 0.25) is 5.91 Å². The number of nitrogens with zero attached hydrogens (tertiary/aromatic N) is 1. The predicted molar refractivity (Wildman–Crippen MR) is 108 cm³/mol. The molecule has 0 aliphatic heterocycles. The number of amides is 2. The van der Waals surface area contributed by atoms with Gasteiger partial charge in [-0.2, -0.15) is 13.2 Å². The highest BCUT2D eigenvalue weighted by Crippen LogP contribution is 2.33. The maximum Gasteiger partial charge on any atom is 0.416 e. The maximum atomic E-state index is 12.9. The Morgan fingerprint density at radius 3 is 2.50 bits per heavy atom. The molecule has 1 heterocycles. The van der Waals surface area contributed by atoms with Gasteiger partial charge in [0.15, 0.2) is 0 Å². The summed E-state index contributed by atoms with van der Waals surface area (Å²) in [4.78, 5) is 28.2. The third-order valence-electron chi connectivity index (χ3n) is 4.14. The Bertz CT molecular complexity index is 1020. The number of hydrogen-bond acceptors (Lipinski definition) is 4. The van der Waals surface area contributed by atoms with Crippen molar-refractivity contribution in [3.8, 4) is 10.6 Å². The number of carbonyl (C=O) groups excluding carboxylic acids is 2. The Balaban J connectivity index is 1.50. The first-order valence-corrected chi connectivity index (χ1v) is 9.93. The van der Waals surface area contributed by atoms with Crippen LogP contribution in [0.25, 0.3) is 10.6 Å². The molecule has 0 unspecified atom stereocenters. The number of benzene rings is 2. The van der Waals surface area contributed by atoms with Crippen molar-refractivity contribution in [3.63, 3.8) is 0 Å². The Hall–Kier alpha value is -3.20. The molecular weight excluding hydrogens is 415 g/mol. The van der Waals surface area contributed by atoms with E-state index in [4.69, 9.17) is 0 Å². The predicted octanol–water partition coefficient (Wildman–Crippen LogP) is 4.27. The summed E-state index contributed by atoms with van der Waals surface area (Å²) in [6.07, 6.45) is -4.35. The van der Waals surface area contributed by atoms with E-state index >= 15 is 0 Å². The summed E-state index contributed by atoms with van der Waals surface area (Å²) in [5, 5.41) is 7.14. The number of halogens is 3. The average Bonchev–Trinajstić information content (AvgIpc) is 3.23. The summed E-state index contributed by atoms with van der Waals surface area (Å²) >= 11 is 1.08. The summed E-state index contributed by atoms with van der Waals surface area (Å²) in [6, 6.07) is 14.2. The lowest BCUT2D eigenvalue weighted by Crippen LogP contribution is -2.30. The lowest BCUT2D eigenvalue weighted by Gasteiger charge is -2.07. The number of thiazole rings is 1. The number of aromatic nitrogens is 1. The van der Waals surface area contributed by atoms with E-state index in [1.54, 1.807) is 0 Å². The van der Waals surface area contributed by atoms with Gasteiger partial charge in [-0.3, -0.25) is 9.59 Å². The molecule has 0 saturated carbocycles. The van der Waals surface area contributed by atoms with Crippen LogP contribution in [0.2, 0.25) is 0 Å². The molecule has 9 heteroatoms. The fourth-order valence-electron chi connectivity index (χ4n) is 2.60. The summed E-state index contributed by atoms with van der Waals surface area (Å²) in [7, 11) is 0. The average molecular weight is 433 g/mol. The molecular formula is C21H18F3N3O2S. The molecule has 30 heavy (non-hydrogen) atoms. The lowest BCUT2D eigenvalue weighted by molar-refractivity contribution is -0.137. The molecule has 5 nitrogen and oxygen atoms in total. The topological polar surface area (TPSA) is 71.1 Å². The van der Waals surface area contributed by atoms with Crippen LogP contribution in [-0.2, 0) is 17.5 Å². The van der Waals surface area contributed by atoms with E-state index in [0.717, 1.165) is 29.0 Å². The van der Waals surface area contributed by atoms with Gasteiger partial charge < -0.3 is 10.6 Å². The molecule has 0 spiro atoms. The summed E-state index contributed by atoms with van der Waals surface area (Å²) in [5.74, 6) is -0.692. The number of carbonyl (C=O) groups is 2. The number of rotatable bonds is 7. The van der Waals surface area contributed by atoms with Crippen molar-refractivity contribution in [2.75, 3.05) is 6.54 Å². The van der Waals surface area contributed by atoms with Gasteiger partial charge in [0, 0.05) is 30.5 Å². The second kappa shape index (κ2) is 9.53. The van der Waals surface area contributed by atoms with Crippen LogP contribution in [0, 0.1) is 0 Å². The first kappa shape index (κ1) is 21.5. The summed E-state index contributed by atoms with van der Waals surface area (Å²) < 4.78 is 38.6. The zero-order valence-corrected chi connectivity index (χ0v) is 16.5. The van der Waals surface area contributed by atoms with E-state index in [-0.39, 0.29) is 30.1 Å². The Kier molecular flexibility index (Phi) is 6.83. The molecule has 0 fully saturated rings. The second-order valence-electron chi connectivity index (χ2n) is 6.38. The van der Waals surface area contributed by atoms with Crippen LogP contribution in [-0.4, -0.2) is 23.3 Å². The standard InChI is InChI=1S/C21H18F3N3O2S/c22-21(23,24)16-8-4-7-15(11-16)20-27-17(13-30-20)19(29)25-10-9-18(28)26-12-14-5-2-1-3-6-14/h1-8,11,13H,9-10,12H2,(H,25,29)(H,26,28). The van der Waals surface area contributed by atoms with Gasteiger partial charge in [-0.25, -0.2) is 4.98 Å². The zero-order chi connectivity index (χ0) is 21.6. The number of alkyl halides is 3. The molecule has 0 aliphatic rings. The molecule has 1 aromatic heterocycles. The van der Waals surface area contributed by atoms with Crippen molar-refractivity contribution in [2.45, 2.75) is 19.1 Å². The minimum Gasteiger partial charge on any atom is -0.352 e. The normalized spacial score (nSPS) is 11.2. The van der Waals surface area contributed by atoms with Gasteiger partial charge in [-0.05, 0) is 17.7 Å². The van der Waals surface area contributed by atoms with Crippen molar-refractivity contribution in [1.29, 1.82) is 0 Å². The molecule has 156 valence electrons. The van der Waals surface area contributed by atoms with Gasteiger partial charge in [0.05, 0.1) is 5.56 Å². The summed E-state index contributed by atoms with van der Waals surface area (Å²) in [6.45, 7) is 0.524. The van der Waals surface area contributed by atoms with Crippen LogP contribution >= 0.6 is 11.3 Å². The van der Waals surface area contributed by atoms with Gasteiger partial charge in [-0.1, -0.05) is 42.5 Å². The fraction of sp³-hybridized carbons (Fsp3) is 0.190. The van der Waals surface area contributed by atoms with Crippen LogP contribution in [0.1, 0.15) is 28.0 Å². The van der Waals surface area contributed by atoms with E-state index in [9.17, 15) is 22.8 Å². The van der Waals surface area contributed by atoms with Crippen molar-refractivity contribution >= 4 is 23.2 Å². The molecule has 2 aromatic carbocycles. The van der Waals surface area contributed by atoms with Crippen molar-refractivity contribution < 1.29 is 22.8 Å². The van der Waals surface area contributed by atoms with Crippen molar-refractivity contribution in [2.24, 2.45) is 0 Å². The second-order valence-corrected chi connectivity index (χ2v) is 7.24. The third kappa shape index (κ3) is 5.90. The van der Waals surface area contributed by atoms with Crippen LogP contribution in [0.5, 0.6) is 0 Å². The Morgan fingerprint density at radius 2 is 1.77 bits per heavy atom. The maximum absolute atomic E-state index is 12.9. The monoisotopic (exact) mass is 433 g/mol. The molecule has 3 aromatic rings. The SMILES string of the molecule is O=C(CCNC(=O)c1csc(-c2cccc(C(F)(F)F)c2)n1)NCc1ccccc1. The first-order valence-electron chi connectivity index (χ1n) is 9.05. The van der Waals surface area contributed by atoms with Crippen LogP contribution in [0.4, 0.5) is 13.2 Å². The largest absolute Gasteiger partial charge is 0.416 e. The molecule has 0 aliphatic carbocycles. The van der Waals surface area contributed by atoms with E-state index in [0.29, 0.717) is 11.6 Å². The van der Waals surface area contributed by atoms with E-state index < -0.39 is 17.6 Å². The lowest BCUT2D eigenvalue weighted by atomic mass is 10.1. The minimum atomic E-state index is -4.45. The smallest absolute Gasteiger partial charge is 0.352 e. The highest BCUT2D eigenvalue weighted by atomic mass is 32.1. The Morgan fingerprint density at radius 1 is 1.00 bits per heavy atom. The quantitative estimate of drug-likeness (QED) is 0.585. The van der Waals surface area contributed by atoms with Crippen LogP contribution in [0.3, 0.4) is 0 Å². The number of nitrogens with one attached hydrogen (secondary N) is 2. The molecule has 0 saturated heterocycles. The van der Waals surface area contributed by atoms with Crippen molar-refractivity contribution in [3.05, 3.63) is 76.8 Å². The molecule has 0 radical (unpaired) electrons. The Labute approximate surface area is 175 Å². The van der Waals surface area contributed by atoms with E-state index in [2.05, 4.69) is 15.6 Å². The first-order chi connectivity index (χ1) is 14.3. The highest BCUT2D eigenvalue weighted by molar-refractivity contribution is 7.13. The van der Waals surface area contributed by atoms with E-state index in [1.807, 2.05) is 30.3 Å². The molecule has 2 N–H and O–H groups in total. The van der Waals surface area contributed by atoms with E-state index in [1.165, 1.54) is 17.5 Å². The fourth-order valence-corrected chi connectivity index (χ4v) is 3.40. The molecule has 0 atom stereocenters. The molecule has 2 amide bonds. The van der Waals surface area contributed by atoms with Gasteiger partial charge in [0.1, 0.15) is 10.7 Å². The zero-order valence-electron chi connectivity index (χ0n) is 15.7. The van der Waals surface area contributed by atoms with Gasteiger partial charge >= 0.3 is 6.18 Å². The van der Waals surface area contributed by atoms with Crippen LogP contribution < -0.4 is 10.6 Å². The highest BCUT2D eigenvalue weighted by Gasteiger charge is 2.30. The molecule has 0 bridgehead atoms. The number of hydrogen-bond donors (Lipinski definition) is 2. The van der Waals surface area contributed by atoms with Gasteiger partial charge in [0.25, 0.3) is 5.91 Å². The third-order valence-corrected chi connectivity index (χ3v) is 5.04. The van der Waals surface area contributed by atoms with Crippen LogP contribution in [0.15, 0.2) is 60.0 Å². The summed E-state index contributed by atoms with van der Waals surface area (Å²) in [5.41, 5.74) is 0.577. The van der Waals surface area contributed by atoms with Gasteiger partial charge in [-0.15, -0.1) is 11.3 Å². The minimum absolute atomic E-state index is 0.0945. The molecule has 3 rings (SSSR count).